The zero-order chi connectivity index (χ0) is 27.8. The number of halogens is 1. The minimum absolute atomic E-state index is 0.442. The Morgan fingerprint density at radius 3 is 1.71 bits per heavy atom. The normalized spacial score (nSPS) is 24.5. The molecule has 0 radical (unpaired) electrons. The van der Waals surface area contributed by atoms with Crippen LogP contribution >= 0.6 is 11.6 Å². The third kappa shape index (κ3) is 3.90. The zero-order valence-corrected chi connectivity index (χ0v) is 24.5. The molecular formula is C40H34ClN. The molecule has 5 aromatic carbocycles. The molecule has 0 spiro atoms. The van der Waals surface area contributed by atoms with E-state index in [0.29, 0.717) is 5.41 Å². The Labute approximate surface area is 252 Å². The summed E-state index contributed by atoms with van der Waals surface area (Å²) in [6.07, 6.45) is 8.72. The maximum atomic E-state index is 6.56. The maximum Gasteiger partial charge on any atom is 0.0542 e. The van der Waals surface area contributed by atoms with Crippen LogP contribution in [0.3, 0.4) is 0 Å². The summed E-state index contributed by atoms with van der Waals surface area (Å²) in [6, 6.07) is 42.4. The van der Waals surface area contributed by atoms with Gasteiger partial charge in [-0.1, -0.05) is 84.4 Å². The van der Waals surface area contributed by atoms with Gasteiger partial charge in [0.05, 0.1) is 11.0 Å². The third-order valence-electron chi connectivity index (χ3n) is 10.8. The van der Waals surface area contributed by atoms with Gasteiger partial charge in [0, 0.05) is 21.5 Å². The van der Waals surface area contributed by atoms with Gasteiger partial charge in [-0.25, -0.2) is 0 Å². The van der Waals surface area contributed by atoms with Gasteiger partial charge in [0.25, 0.3) is 0 Å². The molecule has 4 aliphatic rings. The fourth-order valence-corrected chi connectivity index (χ4v) is 9.54. The van der Waals surface area contributed by atoms with Crippen molar-refractivity contribution in [2.45, 2.75) is 43.9 Å². The largest absolute Gasteiger partial charge is 0.309 e. The monoisotopic (exact) mass is 563 g/mol. The number of benzene rings is 5. The lowest BCUT2D eigenvalue weighted by Crippen LogP contribution is -2.48. The predicted molar refractivity (Wildman–Crippen MR) is 177 cm³/mol. The van der Waals surface area contributed by atoms with E-state index < -0.39 is 0 Å². The SMILES string of the molecule is Clc1ccc2c(c1)c1cc(-c3ccc(C45CC6CC(CC(C6)C4)C5)cc3)ccc1n2-c1ccc(-c2ccccc2)cc1. The van der Waals surface area contributed by atoms with E-state index in [1.54, 1.807) is 5.56 Å². The summed E-state index contributed by atoms with van der Waals surface area (Å²) < 4.78 is 2.37. The van der Waals surface area contributed by atoms with Crippen molar-refractivity contribution in [3.8, 4) is 27.9 Å². The number of rotatable bonds is 4. The Balaban J connectivity index is 1.11. The summed E-state index contributed by atoms with van der Waals surface area (Å²) in [5.41, 5.74) is 10.6. The van der Waals surface area contributed by atoms with Gasteiger partial charge in [-0.05, 0) is 132 Å². The number of nitrogens with zero attached hydrogens (tertiary/aromatic N) is 1. The van der Waals surface area contributed by atoms with Crippen molar-refractivity contribution in [2.24, 2.45) is 17.8 Å². The summed E-state index contributed by atoms with van der Waals surface area (Å²) in [7, 11) is 0. The second kappa shape index (κ2) is 9.35. The molecule has 0 N–H and O–H groups in total. The van der Waals surface area contributed by atoms with Crippen LogP contribution in [0.1, 0.15) is 44.1 Å². The highest BCUT2D eigenvalue weighted by Gasteiger charge is 2.51. The van der Waals surface area contributed by atoms with E-state index in [4.69, 9.17) is 11.6 Å². The summed E-state index contributed by atoms with van der Waals surface area (Å²) in [5, 5.41) is 3.20. The van der Waals surface area contributed by atoms with E-state index in [1.807, 2.05) is 6.07 Å². The number of hydrogen-bond acceptors (Lipinski definition) is 0. The van der Waals surface area contributed by atoms with Crippen molar-refractivity contribution in [1.82, 2.24) is 4.57 Å². The molecule has 2 heteroatoms. The van der Waals surface area contributed by atoms with Crippen LogP contribution in [0.15, 0.2) is 115 Å². The third-order valence-corrected chi connectivity index (χ3v) is 11.1. The van der Waals surface area contributed by atoms with Gasteiger partial charge in [-0.15, -0.1) is 0 Å². The van der Waals surface area contributed by atoms with Crippen LogP contribution in [0.25, 0.3) is 49.7 Å². The number of fused-ring (bicyclic) bond motifs is 3. The Bertz CT molecular complexity index is 1910. The van der Waals surface area contributed by atoms with Gasteiger partial charge in [-0.3, -0.25) is 0 Å². The minimum atomic E-state index is 0.442. The highest BCUT2D eigenvalue weighted by molar-refractivity contribution is 6.32. The van der Waals surface area contributed by atoms with E-state index >= 15 is 0 Å². The second-order valence-corrected chi connectivity index (χ2v) is 13.9. The second-order valence-electron chi connectivity index (χ2n) is 13.4. The standard InChI is InChI=1S/C40H34ClN/c41-34-13-17-39-37(22-34)36-21-32(10-16-38(36)42(39)35-14-8-30(9-15-35)29-4-2-1-3-5-29)31-6-11-33(12-7-31)40-23-26-18-27(24-40)20-28(19-26)25-40/h1-17,21-22,26-28H,18-20,23-25H2. The van der Waals surface area contributed by atoms with Crippen molar-refractivity contribution in [2.75, 3.05) is 0 Å². The van der Waals surface area contributed by atoms with Crippen molar-refractivity contribution in [3.05, 3.63) is 126 Å². The molecule has 4 saturated carbocycles. The first kappa shape index (κ1) is 24.8. The van der Waals surface area contributed by atoms with E-state index in [9.17, 15) is 0 Å². The molecule has 4 aliphatic carbocycles. The van der Waals surface area contributed by atoms with Crippen LogP contribution in [-0.2, 0) is 5.41 Å². The summed E-state index contributed by atoms with van der Waals surface area (Å²) >= 11 is 6.56. The average molecular weight is 564 g/mol. The summed E-state index contributed by atoms with van der Waals surface area (Å²) in [5.74, 6) is 2.91. The number of aromatic nitrogens is 1. The lowest BCUT2D eigenvalue weighted by Gasteiger charge is -2.57. The molecule has 4 fully saturated rings. The van der Waals surface area contributed by atoms with Gasteiger partial charge >= 0.3 is 0 Å². The van der Waals surface area contributed by atoms with Crippen molar-refractivity contribution < 1.29 is 0 Å². The quantitative estimate of drug-likeness (QED) is 0.201. The first-order chi connectivity index (χ1) is 20.6. The molecule has 1 nitrogen and oxygen atoms in total. The molecule has 4 bridgehead atoms. The highest BCUT2D eigenvalue weighted by Crippen LogP contribution is 2.60. The molecule has 1 aromatic heterocycles. The minimum Gasteiger partial charge on any atom is -0.309 e. The molecule has 10 rings (SSSR count). The van der Waals surface area contributed by atoms with Gasteiger partial charge in [0.1, 0.15) is 0 Å². The maximum absolute atomic E-state index is 6.56. The summed E-state index contributed by atoms with van der Waals surface area (Å²) in [6.45, 7) is 0. The van der Waals surface area contributed by atoms with Gasteiger partial charge < -0.3 is 4.57 Å². The molecule has 206 valence electrons. The van der Waals surface area contributed by atoms with E-state index in [0.717, 1.165) is 28.5 Å². The topological polar surface area (TPSA) is 4.93 Å². The Morgan fingerprint density at radius 1 is 0.524 bits per heavy atom. The molecule has 0 aliphatic heterocycles. The Kier molecular flexibility index (Phi) is 5.51. The van der Waals surface area contributed by atoms with Gasteiger partial charge in [0.2, 0.25) is 0 Å². The molecule has 0 atom stereocenters. The molecule has 1 heterocycles. The van der Waals surface area contributed by atoms with E-state index in [2.05, 4.69) is 114 Å². The van der Waals surface area contributed by atoms with Crippen LogP contribution in [-0.4, -0.2) is 4.57 Å². The predicted octanol–water partition coefficient (Wildman–Crippen LogP) is 11.2. The van der Waals surface area contributed by atoms with Crippen molar-refractivity contribution in [1.29, 1.82) is 0 Å². The lowest BCUT2D eigenvalue weighted by atomic mass is 9.48. The van der Waals surface area contributed by atoms with Crippen LogP contribution in [0.5, 0.6) is 0 Å². The van der Waals surface area contributed by atoms with Crippen molar-refractivity contribution in [3.63, 3.8) is 0 Å². The average Bonchev–Trinajstić information content (AvgIpc) is 3.34. The molecule has 0 saturated heterocycles. The first-order valence-corrected chi connectivity index (χ1v) is 16.0. The van der Waals surface area contributed by atoms with Gasteiger partial charge in [-0.2, -0.15) is 0 Å². The number of hydrogen-bond donors (Lipinski definition) is 0. The molecule has 0 unspecified atom stereocenters. The zero-order valence-electron chi connectivity index (χ0n) is 23.8. The Hall–Kier alpha value is -3.81. The van der Waals surface area contributed by atoms with Crippen LogP contribution in [0.4, 0.5) is 0 Å². The van der Waals surface area contributed by atoms with E-state index in [1.165, 1.54) is 82.6 Å². The Morgan fingerprint density at radius 2 is 1.05 bits per heavy atom. The summed E-state index contributed by atoms with van der Waals surface area (Å²) in [4.78, 5) is 0. The molecule has 0 amide bonds. The lowest BCUT2D eigenvalue weighted by molar-refractivity contribution is -0.00518. The van der Waals surface area contributed by atoms with Crippen molar-refractivity contribution >= 4 is 33.4 Å². The van der Waals surface area contributed by atoms with Crippen LogP contribution in [0, 0.1) is 17.8 Å². The van der Waals surface area contributed by atoms with Gasteiger partial charge in [0.15, 0.2) is 0 Å². The van der Waals surface area contributed by atoms with Crippen LogP contribution < -0.4 is 0 Å². The fourth-order valence-electron chi connectivity index (χ4n) is 9.37. The molecule has 42 heavy (non-hydrogen) atoms. The highest BCUT2D eigenvalue weighted by atomic mass is 35.5. The fraction of sp³-hybridized carbons (Fsp3) is 0.250. The molecular weight excluding hydrogens is 530 g/mol. The van der Waals surface area contributed by atoms with Crippen LogP contribution in [0.2, 0.25) is 5.02 Å². The molecule has 6 aromatic rings. The first-order valence-electron chi connectivity index (χ1n) is 15.6. The van der Waals surface area contributed by atoms with E-state index in [-0.39, 0.29) is 0 Å². The smallest absolute Gasteiger partial charge is 0.0542 e.